The van der Waals surface area contributed by atoms with Crippen LogP contribution in [-0.2, 0) is 4.79 Å². The third-order valence-electron chi connectivity index (χ3n) is 3.46. The van der Waals surface area contributed by atoms with Gasteiger partial charge in [0.2, 0.25) is 5.91 Å². The fourth-order valence-corrected chi connectivity index (χ4v) is 3.43. The van der Waals surface area contributed by atoms with Gasteiger partial charge in [0.1, 0.15) is 5.69 Å². The molecule has 124 valence electrons. The number of carbonyl (C=O) groups excluding carboxylic acids is 1. The molecule has 1 aromatic heterocycles. The van der Waals surface area contributed by atoms with Gasteiger partial charge in [-0.1, -0.05) is 30.3 Å². The molecule has 3 rings (SSSR count). The van der Waals surface area contributed by atoms with Crippen LogP contribution in [0.5, 0.6) is 0 Å². The van der Waals surface area contributed by atoms with Crippen LogP contribution in [0.3, 0.4) is 0 Å². The van der Waals surface area contributed by atoms with Crippen molar-refractivity contribution in [1.29, 1.82) is 0 Å². The molecule has 24 heavy (non-hydrogen) atoms. The van der Waals surface area contributed by atoms with Gasteiger partial charge in [0.25, 0.3) is 0 Å². The molecule has 0 unspecified atom stereocenters. The van der Waals surface area contributed by atoms with E-state index in [-0.39, 0.29) is 11.4 Å². The predicted octanol–water partition coefficient (Wildman–Crippen LogP) is 3.45. The zero-order chi connectivity index (χ0) is 17.2. The Labute approximate surface area is 146 Å². The first-order chi connectivity index (χ1) is 11.4. The molecule has 0 atom stereocenters. The van der Waals surface area contributed by atoms with Crippen LogP contribution in [0.1, 0.15) is 20.8 Å². The second kappa shape index (κ2) is 6.69. The molecule has 5 heteroatoms. The Morgan fingerprint density at radius 2 is 1.75 bits per heavy atom. The number of thioether (sulfide) groups is 1. The maximum atomic E-state index is 12.1. The number of rotatable bonds is 4. The van der Waals surface area contributed by atoms with E-state index in [1.54, 1.807) is 0 Å². The van der Waals surface area contributed by atoms with Crippen LogP contribution in [-0.4, -0.2) is 22.2 Å². The van der Waals surface area contributed by atoms with Gasteiger partial charge in [-0.05, 0) is 56.8 Å². The second-order valence-corrected chi connectivity index (χ2v) is 7.67. The van der Waals surface area contributed by atoms with Crippen molar-refractivity contribution < 1.29 is 9.36 Å². The van der Waals surface area contributed by atoms with Gasteiger partial charge in [-0.2, -0.15) is 4.57 Å². The van der Waals surface area contributed by atoms with Crippen molar-refractivity contribution >= 4 is 28.7 Å². The van der Waals surface area contributed by atoms with E-state index >= 15 is 0 Å². The average molecular weight is 340 g/mol. The summed E-state index contributed by atoms with van der Waals surface area (Å²) in [7, 11) is 0. The highest BCUT2D eigenvalue weighted by Gasteiger charge is 2.22. The van der Waals surface area contributed by atoms with Crippen LogP contribution in [0.25, 0.3) is 16.7 Å². The summed E-state index contributed by atoms with van der Waals surface area (Å²) < 4.78 is 2.16. The number of H-pyrrole nitrogens is 1. The topological polar surface area (TPSA) is 48.8 Å². The number of benzene rings is 2. The minimum atomic E-state index is -0.215. The van der Waals surface area contributed by atoms with E-state index in [0.717, 1.165) is 21.9 Å². The third-order valence-corrected chi connectivity index (χ3v) is 4.42. The number of imidazole rings is 1. The lowest BCUT2D eigenvalue weighted by Gasteiger charge is -2.19. The Balaban J connectivity index is 1.92. The highest BCUT2D eigenvalue weighted by atomic mass is 32.2. The van der Waals surface area contributed by atoms with E-state index in [1.165, 1.54) is 11.8 Å². The third kappa shape index (κ3) is 3.79. The molecule has 3 aromatic rings. The highest BCUT2D eigenvalue weighted by Crippen LogP contribution is 2.20. The lowest BCUT2D eigenvalue weighted by atomic mass is 10.1. The smallest absolute Gasteiger partial charge is 0.322 e. The van der Waals surface area contributed by atoms with Crippen molar-refractivity contribution in [3.8, 4) is 5.69 Å². The minimum Gasteiger partial charge on any atom is -0.351 e. The molecule has 0 spiro atoms. The van der Waals surface area contributed by atoms with Gasteiger partial charge in [0.05, 0.1) is 5.75 Å². The molecular weight excluding hydrogens is 318 g/mol. The maximum absolute atomic E-state index is 12.1. The number of amides is 1. The largest absolute Gasteiger partial charge is 0.351 e. The Morgan fingerprint density at radius 3 is 2.46 bits per heavy atom. The SMILES string of the molecule is CC(C)(C)NC(=O)CSc1[nH]c2ccccc2[n+]1-c1ccccc1. The minimum absolute atomic E-state index is 0.0331. The van der Waals surface area contributed by atoms with Crippen molar-refractivity contribution in [2.45, 2.75) is 31.5 Å². The zero-order valence-electron chi connectivity index (χ0n) is 14.2. The molecule has 4 nitrogen and oxygen atoms in total. The first-order valence-corrected chi connectivity index (χ1v) is 8.94. The van der Waals surface area contributed by atoms with E-state index in [0.29, 0.717) is 5.75 Å². The molecule has 0 fully saturated rings. The summed E-state index contributed by atoms with van der Waals surface area (Å²) in [6.07, 6.45) is 0. The Hall–Kier alpha value is -2.27. The summed E-state index contributed by atoms with van der Waals surface area (Å²) in [6, 6.07) is 18.3. The number of hydrogen-bond acceptors (Lipinski definition) is 2. The van der Waals surface area contributed by atoms with E-state index in [2.05, 4.69) is 33.1 Å². The number of fused-ring (bicyclic) bond motifs is 1. The molecule has 1 amide bonds. The molecule has 0 bridgehead atoms. The molecule has 0 aliphatic heterocycles. The Bertz CT molecular complexity index is 850. The predicted molar refractivity (Wildman–Crippen MR) is 98.5 cm³/mol. The van der Waals surface area contributed by atoms with E-state index < -0.39 is 0 Å². The van der Waals surface area contributed by atoms with Gasteiger partial charge in [-0.3, -0.25) is 4.79 Å². The van der Waals surface area contributed by atoms with Crippen molar-refractivity contribution in [2.24, 2.45) is 0 Å². The lowest BCUT2D eigenvalue weighted by Crippen LogP contribution is -2.41. The van der Waals surface area contributed by atoms with Gasteiger partial charge in [0.15, 0.2) is 11.0 Å². The highest BCUT2D eigenvalue weighted by molar-refractivity contribution is 7.99. The van der Waals surface area contributed by atoms with Crippen molar-refractivity contribution in [2.75, 3.05) is 5.75 Å². The first kappa shape index (κ1) is 16.6. The monoisotopic (exact) mass is 340 g/mol. The molecule has 2 aromatic carbocycles. The fourth-order valence-electron chi connectivity index (χ4n) is 2.58. The molecular formula is C19H22N3OS+. The summed E-state index contributed by atoms with van der Waals surface area (Å²) in [4.78, 5) is 15.6. The van der Waals surface area contributed by atoms with Crippen LogP contribution in [0.15, 0.2) is 59.8 Å². The van der Waals surface area contributed by atoms with Crippen LogP contribution in [0, 0.1) is 0 Å². The molecule has 0 radical (unpaired) electrons. The van der Waals surface area contributed by atoms with Gasteiger partial charge < -0.3 is 5.32 Å². The van der Waals surface area contributed by atoms with Crippen LogP contribution >= 0.6 is 11.8 Å². The van der Waals surface area contributed by atoms with Crippen molar-refractivity contribution in [1.82, 2.24) is 10.3 Å². The first-order valence-electron chi connectivity index (χ1n) is 7.96. The normalized spacial score (nSPS) is 11.6. The molecule has 0 saturated heterocycles. The molecule has 0 saturated carbocycles. The number of hydrogen-bond donors (Lipinski definition) is 2. The van der Waals surface area contributed by atoms with E-state index in [9.17, 15) is 4.79 Å². The summed E-state index contributed by atoms with van der Waals surface area (Å²) in [5.74, 6) is 0.405. The van der Waals surface area contributed by atoms with Crippen LogP contribution in [0.4, 0.5) is 0 Å². The average Bonchev–Trinajstić information content (AvgIpc) is 2.90. The number of para-hydroxylation sites is 3. The molecule has 0 aliphatic carbocycles. The fraction of sp³-hybridized carbons (Fsp3) is 0.263. The number of nitrogens with one attached hydrogen (secondary N) is 2. The van der Waals surface area contributed by atoms with Crippen molar-refractivity contribution in [3.05, 3.63) is 54.6 Å². The summed E-state index contributed by atoms with van der Waals surface area (Å²) in [6.45, 7) is 5.97. The molecule has 1 heterocycles. The lowest BCUT2D eigenvalue weighted by molar-refractivity contribution is -0.609. The summed E-state index contributed by atoms with van der Waals surface area (Å²) in [5, 5.41) is 3.95. The van der Waals surface area contributed by atoms with Crippen molar-refractivity contribution in [3.63, 3.8) is 0 Å². The number of nitrogens with zero attached hydrogens (tertiary/aromatic N) is 1. The number of carbonyl (C=O) groups is 1. The summed E-state index contributed by atoms with van der Waals surface area (Å²) >= 11 is 1.51. The number of aromatic nitrogens is 2. The zero-order valence-corrected chi connectivity index (χ0v) is 15.0. The van der Waals surface area contributed by atoms with Crippen LogP contribution in [0.2, 0.25) is 0 Å². The Morgan fingerprint density at radius 1 is 1.08 bits per heavy atom. The van der Waals surface area contributed by atoms with E-state index in [1.807, 2.05) is 57.2 Å². The standard InChI is InChI=1S/C19H21N3OS/c1-19(2,3)21-17(23)13-24-18-20-15-11-7-8-12-16(15)22(18)14-9-5-4-6-10-14/h4-12H,13H2,1-3H3,(H,21,23)/p+1. The quantitative estimate of drug-likeness (QED) is 0.564. The van der Waals surface area contributed by atoms with Gasteiger partial charge in [-0.15, -0.1) is 0 Å². The maximum Gasteiger partial charge on any atom is 0.322 e. The van der Waals surface area contributed by atoms with Crippen LogP contribution < -0.4 is 9.88 Å². The summed E-state index contributed by atoms with van der Waals surface area (Å²) in [5.41, 5.74) is 3.02. The van der Waals surface area contributed by atoms with Gasteiger partial charge in [0, 0.05) is 5.54 Å². The molecule has 2 N–H and O–H groups in total. The van der Waals surface area contributed by atoms with E-state index in [4.69, 9.17) is 0 Å². The number of aromatic amines is 1. The van der Waals surface area contributed by atoms with Gasteiger partial charge in [-0.25, -0.2) is 4.98 Å². The Kier molecular flexibility index (Phi) is 4.62. The second-order valence-electron chi connectivity index (χ2n) is 6.71. The van der Waals surface area contributed by atoms with Gasteiger partial charge >= 0.3 is 5.16 Å². The molecule has 0 aliphatic rings.